The molecule has 4 nitrogen and oxygen atoms in total. The highest BCUT2D eigenvalue weighted by atomic mass is 35.5. The van der Waals surface area contributed by atoms with E-state index in [9.17, 15) is 4.79 Å². The summed E-state index contributed by atoms with van der Waals surface area (Å²) in [7, 11) is 0. The Bertz CT molecular complexity index is 651. The van der Waals surface area contributed by atoms with Crippen molar-refractivity contribution in [2.24, 2.45) is 11.1 Å². The van der Waals surface area contributed by atoms with Gasteiger partial charge in [0.25, 0.3) is 0 Å². The van der Waals surface area contributed by atoms with Crippen molar-refractivity contribution >= 4 is 28.4 Å². The summed E-state index contributed by atoms with van der Waals surface area (Å²) in [6.07, 6.45) is 0. The molecule has 2 heterocycles. The Morgan fingerprint density at radius 1 is 1.47 bits per heavy atom. The second kappa shape index (κ2) is 4.34. The van der Waals surface area contributed by atoms with Gasteiger partial charge in [-0.2, -0.15) is 0 Å². The van der Waals surface area contributed by atoms with Crippen LogP contribution in [0.25, 0.3) is 11.0 Å². The van der Waals surface area contributed by atoms with Gasteiger partial charge >= 0.3 is 0 Å². The first-order valence-corrected chi connectivity index (χ1v) is 6.46. The van der Waals surface area contributed by atoms with E-state index in [0.29, 0.717) is 29.6 Å². The minimum atomic E-state index is -0.725. The van der Waals surface area contributed by atoms with Crippen molar-refractivity contribution in [3.05, 3.63) is 35.0 Å². The average molecular weight is 280 g/mol. The summed E-state index contributed by atoms with van der Waals surface area (Å²) < 4.78 is 10.9. The number of nitrogens with two attached hydrogens (primary N) is 1. The van der Waals surface area contributed by atoms with E-state index in [1.807, 2.05) is 6.92 Å². The number of halogens is 1. The fraction of sp³-hybridized carbons (Fsp3) is 0.357. The summed E-state index contributed by atoms with van der Waals surface area (Å²) in [5.41, 5.74) is 5.88. The first kappa shape index (κ1) is 12.7. The van der Waals surface area contributed by atoms with Crippen molar-refractivity contribution in [3.63, 3.8) is 0 Å². The van der Waals surface area contributed by atoms with E-state index >= 15 is 0 Å². The molecule has 1 fully saturated rings. The van der Waals surface area contributed by atoms with E-state index in [2.05, 4.69) is 0 Å². The molecule has 100 valence electrons. The second-order valence-electron chi connectivity index (χ2n) is 5.16. The Hall–Kier alpha value is -1.36. The Morgan fingerprint density at radius 2 is 2.26 bits per heavy atom. The topological polar surface area (TPSA) is 65.5 Å². The molecule has 3 rings (SSSR count). The lowest BCUT2D eigenvalue weighted by Gasteiger charge is -2.23. The van der Waals surface area contributed by atoms with Crippen molar-refractivity contribution in [2.75, 3.05) is 13.2 Å². The predicted octanol–water partition coefficient (Wildman–Crippen LogP) is 2.63. The van der Waals surface area contributed by atoms with E-state index in [1.54, 1.807) is 24.3 Å². The lowest BCUT2D eigenvalue weighted by atomic mass is 9.80. The summed E-state index contributed by atoms with van der Waals surface area (Å²) in [4.78, 5) is 12.5. The molecule has 1 aromatic heterocycles. The molecule has 19 heavy (non-hydrogen) atoms. The highest BCUT2D eigenvalue weighted by Crippen LogP contribution is 2.33. The highest BCUT2D eigenvalue weighted by Gasteiger charge is 2.45. The van der Waals surface area contributed by atoms with Gasteiger partial charge in [-0.15, -0.1) is 0 Å². The summed E-state index contributed by atoms with van der Waals surface area (Å²) in [5.74, 6) is 0.186. The van der Waals surface area contributed by atoms with Gasteiger partial charge in [-0.1, -0.05) is 11.6 Å². The van der Waals surface area contributed by atoms with Gasteiger partial charge in [0.2, 0.25) is 5.78 Å². The number of rotatable bonds is 2. The zero-order chi connectivity index (χ0) is 13.6. The van der Waals surface area contributed by atoms with Crippen LogP contribution in [-0.4, -0.2) is 25.0 Å². The lowest BCUT2D eigenvalue weighted by Crippen LogP contribution is -2.44. The number of benzene rings is 1. The van der Waals surface area contributed by atoms with E-state index in [1.165, 1.54) is 0 Å². The van der Waals surface area contributed by atoms with Crippen molar-refractivity contribution in [1.82, 2.24) is 0 Å². The number of carbonyl (C=O) groups is 1. The van der Waals surface area contributed by atoms with Crippen LogP contribution in [0, 0.1) is 5.41 Å². The molecular formula is C14H14ClNO3. The predicted molar refractivity (Wildman–Crippen MR) is 72.5 cm³/mol. The number of furan rings is 1. The van der Waals surface area contributed by atoms with Gasteiger partial charge in [0.15, 0.2) is 5.76 Å². The first-order chi connectivity index (χ1) is 9.00. The molecule has 0 saturated carbocycles. The van der Waals surface area contributed by atoms with Crippen LogP contribution in [-0.2, 0) is 4.74 Å². The molecule has 2 N–H and O–H groups in total. The van der Waals surface area contributed by atoms with Crippen LogP contribution in [0.3, 0.4) is 0 Å². The molecule has 1 saturated heterocycles. The number of Topliss-reactive ketones (excluding diaryl/α,β-unsaturated/α-hetero) is 1. The molecule has 0 radical (unpaired) electrons. The molecule has 0 bridgehead atoms. The molecule has 0 amide bonds. The SMILES string of the molecule is CC1(C(=O)c2cc3cc(Cl)ccc3o2)COCC1N. The largest absolute Gasteiger partial charge is 0.453 e. The van der Waals surface area contributed by atoms with Gasteiger partial charge in [0, 0.05) is 16.5 Å². The average Bonchev–Trinajstić information content (AvgIpc) is 2.93. The number of ketones is 1. The minimum absolute atomic E-state index is 0.121. The third-order valence-corrected chi connectivity index (χ3v) is 3.97. The third-order valence-electron chi connectivity index (χ3n) is 3.74. The molecule has 2 unspecified atom stereocenters. The van der Waals surface area contributed by atoms with Crippen molar-refractivity contribution < 1.29 is 13.9 Å². The van der Waals surface area contributed by atoms with Gasteiger partial charge in [-0.05, 0) is 31.2 Å². The maximum atomic E-state index is 12.5. The molecule has 1 aliphatic rings. The molecule has 1 aromatic carbocycles. The van der Waals surface area contributed by atoms with Crippen LogP contribution in [0.1, 0.15) is 17.5 Å². The highest BCUT2D eigenvalue weighted by molar-refractivity contribution is 6.31. The normalized spacial score (nSPS) is 27.0. The van der Waals surface area contributed by atoms with Crippen molar-refractivity contribution in [2.45, 2.75) is 13.0 Å². The molecule has 0 spiro atoms. The zero-order valence-corrected chi connectivity index (χ0v) is 11.2. The standard InChI is InChI=1S/C14H14ClNO3/c1-14(7-18-6-12(14)16)13(17)11-5-8-4-9(15)2-3-10(8)19-11/h2-5,12H,6-7,16H2,1H3. The number of hydrogen-bond donors (Lipinski definition) is 1. The van der Waals surface area contributed by atoms with Crippen LogP contribution in [0.5, 0.6) is 0 Å². The zero-order valence-electron chi connectivity index (χ0n) is 10.5. The Kier molecular flexibility index (Phi) is 2.89. The van der Waals surface area contributed by atoms with Crippen LogP contribution >= 0.6 is 11.6 Å². The van der Waals surface area contributed by atoms with Crippen molar-refractivity contribution in [3.8, 4) is 0 Å². The minimum Gasteiger partial charge on any atom is -0.453 e. The molecule has 0 aliphatic carbocycles. The van der Waals surface area contributed by atoms with E-state index < -0.39 is 5.41 Å². The summed E-state index contributed by atoms with van der Waals surface area (Å²) in [6, 6.07) is 6.65. The molecular weight excluding hydrogens is 266 g/mol. The van der Waals surface area contributed by atoms with Crippen molar-refractivity contribution in [1.29, 1.82) is 0 Å². The Balaban J connectivity index is 2.02. The Labute approximate surface area is 115 Å². The van der Waals surface area contributed by atoms with Crippen LogP contribution < -0.4 is 5.73 Å². The molecule has 2 aromatic rings. The quantitative estimate of drug-likeness (QED) is 0.858. The first-order valence-electron chi connectivity index (χ1n) is 6.08. The third kappa shape index (κ3) is 1.96. The van der Waals surface area contributed by atoms with Crippen LogP contribution in [0.4, 0.5) is 0 Å². The summed E-state index contributed by atoms with van der Waals surface area (Å²) in [6.45, 7) is 2.53. The van der Waals surface area contributed by atoms with Gasteiger partial charge in [0.05, 0.1) is 18.6 Å². The van der Waals surface area contributed by atoms with Gasteiger partial charge in [-0.25, -0.2) is 0 Å². The van der Waals surface area contributed by atoms with E-state index in [-0.39, 0.29) is 11.8 Å². The maximum absolute atomic E-state index is 12.5. The Morgan fingerprint density at radius 3 is 2.95 bits per heavy atom. The number of carbonyl (C=O) groups excluding carboxylic acids is 1. The van der Waals surface area contributed by atoms with Gasteiger partial charge < -0.3 is 14.9 Å². The van der Waals surface area contributed by atoms with Gasteiger partial charge in [0.1, 0.15) is 5.58 Å². The van der Waals surface area contributed by atoms with E-state index in [0.717, 1.165) is 5.39 Å². The second-order valence-corrected chi connectivity index (χ2v) is 5.60. The van der Waals surface area contributed by atoms with E-state index in [4.69, 9.17) is 26.5 Å². The number of ether oxygens (including phenoxy) is 1. The molecule has 2 atom stereocenters. The maximum Gasteiger partial charge on any atom is 0.207 e. The van der Waals surface area contributed by atoms with Gasteiger partial charge in [-0.3, -0.25) is 4.79 Å². The summed E-state index contributed by atoms with van der Waals surface area (Å²) in [5, 5.41) is 1.42. The molecule has 5 heteroatoms. The molecule has 1 aliphatic heterocycles. The van der Waals surface area contributed by atoms with Crippen LogP contribution in [0.15, 0.2) is 28.7 Å². The monoisotopic (exact) mass is 279 g/mol. The number of hydrogen-bond acceptors (Lipinski definition) is 4. The fourth-order valence-electron chi connectivity index (χ4n) is 2.33. The summed E-state index contributed by atoms with van der Waals surface area (Å²) >= 11 is 5.92. The lowest BCUT2D eigenvalue weighted by molar-refractivity contribution is 0.0740. The fourth-order valence-corrected chi connectivity index (χ4v) is 2.51. The number of fused-ring (bicyclic) bond motifs is 1. The van der Waals surface area contributed by atoms with Crippen LogP contribution in [0.2, 0.25) is 5.02 Å². The smallest absolute Gasteiger partial charge is 0.207 e.